The van der Waals surface area contributed by atoms with Crippen LogP contribution in [0.2, 0.25) is 0 Å². The van der Waals surface area contributed by atoms with E-state index in [2.05, 4.69) is 5.32 Å². The Kier molecular flexibility index (Phi) is 6.23. The number of nitrogens with one attached hydrogen (secondary N) is 2. The van der Waals surface area contributed by atoms with Gasteiger partial charge in [-0.3, -0.25) is 9.59 Å². The predicted molar refractivity (Wildman–Crippen MR) is 84.4 cm³/mol. The van der Waals surface area contributed by atoms with Crippen molar-refractivity contribution in [3.8, 4) is 0 Å². The second-order valence-corrected chi connectivity index (χ2v) is 6.09. The van der Waals surface area contributed by atoms with Gasteiger partial charge in [0.2, 0.25) is 11.8 Å². The third-order valence-corrected chi connectivity index (χ3v) is 4.05. The highest BCUT2D eigenvalue weighted by molar-refractivity contribution is 5.92. The predicted octanol–water partition coefficient (Wildman–Crippen LogP) is 3.43. The Hall–Kier alpha value is -2.05. The minimum atomic E-state index is -4.41. The molecule has 1 aromatic carbocycles. The van der Waals surface area contributed by atoms with Crippen molar-refractivity contribution in [3.05, 3.63) is 29.8 Å². The number of hydrogen-bond acceptors (Lipinski definition) is 2. The summed E-state index contributed by atoms with van der Waals surface area (Å²) in [5.74, 6) is -0.636. The lowest BCUT2D eigenvalue weighted by molar-refractivity contribution is -0.138. The van der Waals surface area contributed by atoms with Crippen molar-refractivity contribution < 1.29 is 22.8 Å². The molecule has 2 rings (SSSR count). The molecule has 0 heterocycles. The number of anilines is 1. The highest BCUT2D eigenvalue weighted by atomic mass is 19.4. The number of carbonyl (C=O) groups is 2. The summed E-state index contributed by atoms with van der Waals surface area (Å²) < 4.78 is 36.1. The van der Waals surface area contributed by atoms with Crippen LogP contribution in [0.3, 0.4) is 0 Å². The molecule has 0 atom stereocenters. The molecule has 4 nitrogen and oxygen atoms in total. The summed E-state index contributed by atoms with van der Waals surface area (Å²) in [7, 11) is 0. The zero-order chi connectivity index (χ0) is 17.6. The fourth-order valence-corrected chi connectivity index (χ4v) is 2.76. The van der Waals surface area contributed by atoms with Crippen molar-refractivity contribution in [1.82, 2.24) is 5.32 Å². The SMILES string of the molecule is O=C(Cc1ccc(NC(=O)C2CCCCC2)cc1)NCC(F)(F)F. The fourth-order valence-electron chi connectivity index (χ4n) is 2.76. The summed E-state index contributed by atoms with van der Waals surface area (Å²) in [6, 6.07) is 6.58. The Morgan fingerprint density at radius 1 is 1.04 bits per heavy atom. The quantitative estimate of drug-likeness (QED) is 0.861. The molecule has 0 aromatic heterocycles. The first-order valence-corrected chi connectivity index (χ1v) is 8.07. The van der Waals surface area contributed by atoms with Gasteiger partial charge in [-0.25, -0.2) is 0 Å². The van der Waals surface area contributed by atoms with E-state index in [9.17, 15) is 22.8 Å². The van der Waals surface area contributed by atoms with Crippen molar-refractivity contribution >= 4 is 17.5 Å². The van der Waals surface area contributed by atoms with Gasteiger partial charge in [-0.1, -0.05) is 31.4 Å². The van der Waals surface area contributed by atoms with E-state index in [0.29, 0.717) is 11.3 Å². The van der Waals surface area contributed by atoms with Gasteiger partial charge in [0.05, 0.1) is 6.42 Å². The lowest BCUT2D eigenvalue weighted by atomic mass is 9.88. The van der Waals surface area contributed by atoms with Gasteiger partial charge in [0.25, 0.3) is 0 Å². The van der Waals surface area contributed by atoms with E-state index in [0.717, 1.165) is 25.7 Å². The van der Waals surface area contributed by atoms with E-state index in [1.165, 1.54) is 6.42 Å². The van der Waals surface area contributed by atoms with Crippen LogP contribution in [0.1, 0.15) is 37.7 Å². The maximum Gasteiger partial charge on any atom is 0.405 e. The molecule has 1 aliphatic carbocycles. The van der Waals surface area contributed by atoms with Crippen molar-refractivity contribution in [1.29, 1.82) is 0 Å². The molecule has 2 N–H and O–H groups in total. The lowest BCUT2D eigenvalue weighted by Gasteiger charge is -2.20. The number of carbonyl (C=O) groups excluding carboxylic acids is 2. The Morgan fingerprint density at radius 3 is 2.25 bits per heavy atom. The van der Waals surface area contributed by atoms with Gasteiger partial charge >= 0.3 is 6.18 Å². The Balaban J connectivity index is 1.81. The van der Waals surface area contributed by atoms with Crippen LogP contribution >= 0.6 is 0 Å². The molecule has 0 aliphatic heterocycles. The van der Waals surface area contributed by atoms with Crippen molar-refractivity contribution in [2.24, 2.45) is 5.92 Å². The summed E-state index contributed by atoms with van der Waals surface area (Å²) in [4.78, 5) is 23.6. The highest BCUT2D eigenvalue weighted by Gasteiger charge is 2.27. The topological polar surface area (TPSA) is 58.2 Å². The molecule has 24 heavy (non-hydrogen) atoms. The first-order chi connectivity index (χ1) is 11.3. The Bertz CT molecular complexity index is 564. The van der Waals surface area contributed by atoms with E-state index in [1.54, 1.807) is 24.3 Å². The molecular weight excluding hydrogens is 321 g/mol. The smallest absolute Gasteiger partial charge is 0.347 e. The highest BCUT2D eigenvalue weighted by Crippen LogP contribution is 2.25. The van der Waals surface area contributed by atoms with Gasteiger partial charge in [-0.15, -0.1) is 0 Å². The fraction of sp³-hybridized carbons (Fsp3) is 0.529. The molecular formula is C17H21F3N2O2. The molecule has 0 spiro atoms. The summed E-state index contributed by atoms with van der Waals surface area (Å²) in [5.41, 5.74) is 1.22. The van der Waals surface area contributed by atoms with Gasteiger partial charge in [0.1, 0.15) is 6.54 Å². The van der Waals surface area contributed by atoms with Crippen molar-refractivity contribution in [3.63, 3.8) is 0 Å². The molecule has 132 valence electrons. The molecule has 0 bridgehead atoms. The molecule has 2 amide bonds. The maximum absolute atomic E-state index is 12.1. The molecule has 0 saturated heterocycles. The molecule has 1 fully saturated rings. The van der Waals surface area contributed by atoms with Gasteiger partial charge in [-0.05, 0) is 30.5 Å². The normalized spacial score (nSPS) is 15.8. The first-order valence-electron chi connectivity index (χ1n) is 8.07. The minimum absolute atomic E-state index is 0.00497. The van der Waals surface area contributed by atoms with Crippen LogP contribution in [0.15, 0.2) is 24.3 Å². The third kappa shape index (κ3) is 6.22. The lowest BCUT2D eigenvalue weighted by Crippen LogP contribution is -2.34. The minimum Gasteiger partial charge on any atom is -0.347 e. The number of rotatable bonds is 5. The zero-order valence-electron chi connectivity index (χ0n) is 13.3. The summed E-state index contributed by atoms with van der Waals surface area (Å²) >= 11 is 0. The Labute approximate surface area is 138 Å². The van der Waals surface area contributed by atoms with Crippen molar-refractivity contribution in [2.75, 3.05) is 11.9 Å². The van der Waals surface area contributed by atoms with E-state index >= 15 is 0 Å². The number of alkyl halides is 3. The van der Waals surface area contributed by atoms with Gasteiger partial charge in [0, 0.05) is 11.6 Å². The van der Waals surface area contributed by atoms with Crippen LogP contribution in [-0.2, 0) is 16.0 Å². The van der Waals surface area contributed by atoms with Crippen LogP contribution < -0.4 is 10.6 Å². The Morgan fingerprint density at radius 2 is 1.67 bits per heavy atom. The zero-order valence-corrected chi connectivity index (χ0v) is 13.3. The molecule has 7 heteroatoms. The van der Waals surface area contributed by atoms with E-state index in [4.69, 9.17) is 0 Å². The summed E-state index contributed by atoms with van der Waals surface area (Å²) in [5, 5.41) is 4.68. The van der Waals surface area contributed by atoms with Gasteiger partial charge in [0.15, 0.2) is 0 Å². The molecule has 0 unspecified atom stereocenters. The van der Waals surface area contributed by atoms with E-state index < -0.39 is 18.6 Å². The van der Waals surface area contributed by atoms with Gasteiger partial charge < -0.3 is 10.6 Å². The summed E-state index contributed by atoms with van der Waals surface area (Å²) in [6.45, 7) is -1.33. The largest absolute Gasteiger partial charge is 0.405 e. The van der Waals surface area contributed by atoms with Gasteiger partial charge in [-0.2, -0.15) is 13.2 Å². The van der Waals surface area contributed by atoms with Crippen LogP contribution in [0.4, 0.5) is 18.9 Å². The molecule has 0 radical (unpaired) electrons. The summed E-state index contributed by atoms with van der Waals surface area (Å²) in [6.07, 6.45) is 0.589. The van der Waals surface area contributed by atoms with E-state index in [-0.39, 0.29) is 18.2 Å². The molecule has 1 aromatic rings. The second-order valence-electron chi connectivity index (χ2n) is 6.09. The molecule has 1 aliphatic rings. The average molecular weight is 342 g/mol. The third-order valence-electron chi connectivity index (χ3n) is 4.05. The second kappa shape index (κ2) is 8.17. The van der Waals surface area contributed by atoms with E-state index in [1.807, 2.05) is 5.32 Å². The number of benzene rings is 1. The number of hydrogen-bond donors (Lipinski definition) is 2. The average Bonchev–Trinajstić information content (AvgIpc) is 2.55. The maximum atomic E-state index is 12.1. The van der Waals surface area contributed by atoms with Crippen molar-refractivity contribution in [2.45, 2.75) is 44.7 Å². The standard InChI is InChI=1S/C17H21F3N2O2/c18-17(19,20)11-21-15(23)10-12-6-8-14(9-7-12)22-16(24)13-4-2-1-3-5-13/h6-9,13H,1-5,10-11H2,(H,21,23)(H,22,24). The van der Waals surface area contributed by atoms with Crippen LogP contribution in [-0.4, -0.2) is 24.5 Å². The number of halogens is 3. The van der Waals surface area contributed by atoms with Crippen LogP contribution in [0.25, 0.3) is 0 Å². The monoisotopic (exact) mass is 342 g/mol. The number of amides is 2. The van der Waals surface area contributed by atoms with Crippen LogP contribution in [0.5, 0.6) is 0 Å². The molecule has 1 saturated carbocycles. The van der Waals surface area contributed by atoms with Crippen LogP contribution in [0, 0.1) is 5.92 Å². The first kappa shape index (κ1) is 18.3.